The Hall–Kier alpha value is -2.48. The van der Waals surface area contributed by atoms with Gasteiger partial charge in [-0.05, 0) is 49.9 Å². The van der Waals surface area contributed by atoms with Crippen molar-refractivity contribution in [1.29, 1.82) is 5.26 Å². The molecule has 3 rings (SSSR count). The summed E-state index contributed by atoms with van der Waals surface area (Å²) in [7, 11) is 1.66. The van der Waals surface area contributed by atoms with Gasteiger partial charge < -0.3 is 9.64 Å². The molecule has 23 heavy (non-hydrogen) atoms. The molecule has 0 aromatic heterocycles. The number of nitriles is 1. The maximum absolute atomic E-state index is 9.38. The van der Waals surface area contributed by atoms with Crippen LogP contribution in [-0.4, -0.2) is 25.9 Å². The molecular weight excluding hydrogens is 288 g/mol. The molecule has 5 nitrogen and oxygen atoms in total. The Balaban J connectivity index is 1.67. The predicted octanol–water partition coefficient (Wildman–Crippen LogP) is 3.20. The van der Waals surface area contributed by atoms with Crippen LogP contribution >= 0.6 is 0 Å². The van der Waals surface area contributed by atoms with Crippen LogP contribution < -0.4 is 15.1 Å². The molecule has 1 saturated carbocycles. The van der Waals surface area contributed by atoms with Crippen molar-refractivity contribution in [3.8, 4) is 11.8 Å². The summed E-state index contributed by atoms with van der Waals surface area (Å²) < 4.78 is 5.19. The molecular formula is C18H22N4O. The number of ether oxygens (including phenoxy) is 1. The van der Waals surface area contributed by atoms with Gasteiger partial charge in [-0.15, -0.1) is 0 Å². The SMILES string of the molecule is COc1ccc(N2CC(C#N)=C(NN=C3CCCCC3)C2)cc1. The maximum atomic E-state index is 9.38. The molecule has 1 aliphatic carbocycles. The first-order valence-corrected chi connectivity index (χ1v) is 8.12. The lowest BCUT2D eigenvalue weighted by atomic mass is 9.99. The predicted molar refractivity (Wildman–Crippen MR) is 91.5 cm³/mol. The van der Waals surface area contributed by atoms with E-state index in [1.54, 1.807) is 7.11 Å². The minimum atomic E-state index is 0.621. The van der Waals surface area contributed by atoms with Crippen LogP contribution in [0.5, 0.6) is 5.75 Å². The van der Waals surface area contributed by atoms with Gasteiger partial charge in [0.25, 0.3) is 0 Å². The fraction of sp³-hybridized carbons (Fsp3) is 0.444. The molecule has 2 aliphatic rings. The molecule has 1 fully saturated rings. The van der Waals surface area contributed by atoms with Crippen LogP contribution in [0.3, 0.4) is 0 Å². The fourth-order valence-electron chi connectivity index (χ4n) is 3.03. The zero-order valence-corrected chi connectivity index (χ0v) is 13.5. The van der Waals surface area contributed by atoms with Crippen molar-refractivity contribution in [3.05, 3.63) is 35.5 Å². The molecule has 0 radical (unpaired) electrons. The number of methoxy groups -OCH3 is 1. The van der Waals surface area contributed by atoms with E-state index < -0.39 is 0 Å². The third-order valence-electron chi connectivity index (χ3n) is 4.41. The standard InChI is InChI=1S/C18H22N4O/c1-23-17-9-7-16(8-10-17)22-12-14(11-19)18(13-22)21-20-15-5-3-2-4-6-15/h7-10,21H,2-6,12-13H2,1H3. The van der Waals surface area contributed by atoms with Crippen molar-refractivity contribution in [2.75, 3.05) is 25.1 Å². The van der Waals surface area contributed by atoms with Crippen LogP contribution in [0.25, 0.3) is 0 Å². The van der Waals surface area contributed by atoms with Gasteiger partial charge in [-0.25, -0.2) is 0 Å². The zero-order chi connectivity index (χ0) is 16.1. The molecule has 1 aromatic rings. The average molecular weight is 310 g/mol. The van der Waals surface area contributed by atoms with Gasteiger partial charge in [-0.1, -0.05) is 6.42 Å². The quantitative estimate of drug-likeness (QED) is 0.868. The largest absolute Gasteiger partial charge is 0.497 e. The maximum Gasteiger partial charge on any atom is 0.119 e. The highest BCUT2D eigenvalue weighted by Crippen LogP contribution is 2.25. The molecule has 0 bridgehead atoms. The van der Waals surface area contributed by atoms with Gasteiger partial charge in [0.2, 0.25) is 0 Å². The molecule has 1 aromatic carbocycles. The Bertz CT molecular complexity index is 647. The Kier molecular flexibility index (Phi) is 4.82. The fourth-order valence-corrected chi connectivity index (χ4v) is 3.03. The van der Waals surface area contributed by atoms with Crippen molar-refractivity contribution < 1.29 is 4.74 Å². The normalized spacial score (nSPS) is 17.9. The number of nitrogens with one attached hydrogen (secondary N) is 1. The van der Waals surface area contributed by atoms with Crippen LogP contribution in [0.4, 0.5) is 5.69 Å². The molecule has 0 atom stereocenters. The Morgan fingerprint density at radius 3 is 2.52 bits per heavy atom. The van der Waals surface area contributed by atoms with E-state index in [9.17, 15) is 5.26 Å². The summed E-state index contributed by atoms with van der Waals surface area (Å²) in [6, 6.07) is 10.2. The highest BCUT2D eigenvalue weighted by molar-refractivity contribution is 5.84. The van der Waals surface area contributed by atoms with Gasteiger partial charge in [-0.2, -0.15) is 10.4 Å². The molecule has 5 heteroatoms. The minimum Gasteiger partial charge on any atom is -0.497 e. The number of hydrogen-bond acceptors (Lipinski definition) is 5. The van der Waals surface area contributed by atoms with Crippen molar-refractivity contribution in [2.24, 2.45) is 5.10 Å². The highest BCUT2D eigenvalue weighted by atomic mass is 16.5. The summed E-state index contributed by atoms with van der Waals surface area (Å²) in [5.74, 6) is 0.837. The third-order valence-corrected chi connectivity index (χ3v) is 4.41. The monoisotopic (exact) mass is 310 g/mol. The van der Waals surface area contributed by atoms with Crippen molar-refractivity contribution >= 4 is 11.4 Å². The van der Waals surface area contributed by atoms with Crippen LogP contribution in [0.2, 0.25) is 0 Å². The summed E-state index contributed by atoms with van der Waals surface area (Å²) in [4.78, 5) is 2.17. The first-order chi connectivity index (χ1) is 11.3. The number of nitrogens with zero attached hydrogens (tertiary/aromatic N) is 3. The van der Waals surface area contributed by atoms with E-state index in [2.05, 4.69) is 21.5 Å². The van der Waals surface area contributed by atoms with E-state index in [0.29, 0.717) is 13.1 Å². The van der Waals surface area contributed by atoms with E-state index in [1.165, 1.54) is 25.0 Å². The zero-order valence-electron chi connectivity index (χ0n) is 13.5. The van der Waals surface area contributed by atoms with Crippen LogP contribution in [0, 0.1) is 11.3 Å². The molecule has 0 amide bonds. The van der Waals surface area contributed by atoms with E-state index >= 15 is 0 Å². The first kappa shape index (κ1) is 15.4. The van der Waals surface area contributed by atoms with Crippen molar-refractivity contribution in [2.45, 2.75) is 32.1 Å². The molecule has 0 unspecified atom stereocenters. The summed E-state index contributed by atoms with van der Waals surface area (Å²) in [6.07, 6.45) is 5.90. The highest BCUT2D eigenvalue weighted by Gasteiger charge is 2.22. The lowest BCUT2D eigenvalue weighted by Crippen LogP contribution is -2.23. The van der Waals surface area contributed by atoms with Gasteiger partial charge in [0.05, 0.1) is 37.5 Å². The third kappa shape index (κ3) is 3.65. The van der Waals surface area contributed by atoms with Crippen LogP contribution in [-0.2, 0) is 0 Å². The van der Waals surface area contributed by atoms with Gasteiger partial charge >= 0.3 is 0 Å². The molecule has 0 spiro atoms. The topological polar surface area (TPSA) is 60.6 Å². The smallest absolute Gasteiger partial charge is 0.119 e. The summed E-state index contributed by atoms with van der Waals surface area (Å²) in [5.41, 5.74) is 7.15. The number of hydrogen-bond donors (Lipinski definition) is 1. The van der Waals surface area contributed by atoms with Crippen LogP contribution in [0.1, 0.15) is 32.1 Å². The number of hydrazone groups is 1. The first-order valence-electron chi connectivity index (χ1n) is 8.12. The minimum absolute atomic E-state index is 0.621. The van der Waals surface area contributed by atoms with E-state index in [-0.39, 0.29) is 0 Å². The molecule has 0 saturated heterocycles. The van der Waals surface area contributed by atoms with Crippen molar-refractivity contribution in [3.63, 3.8) is 0 Å². The van der Waals surface area contributed by atoms with Crippen LogP contribution in [0.15, 0.2) is 40.6 Å². The number of benzene rings is 1. The van der Waals surface area contributed by atoms with Gasteiger partial charge in [0.15, 0.2) is 0 Å². The number of rotatable bonds is 4. The van der Waals surface area contributed by atoms with Gasteiger partial charge in [-0.3, -0.25) is 5.43 Å². The molecule has 1 heterocycles. The number of anilines is 1. The summed E-state index contributed by atoms with van der Waals surface area (Å²) in [6.45, 7) is 1.31. The Morgan fingerprint density at radius 2 is 1.87 bits per heavy atom. The van der Waals surface area contributed by atoms with E-state index in [4.69, 9.17) is 4.74 Å². The van der Waals surface area contributed by atoms with E-state index in [1.807, 2.05) is 24.3 Å². The Morgan fingerprint density at radius 1 is 1.13 bits per heavy atom. The van der Waals surface area contributed by atoms with Crippen molar-refractivity contribution in [1.82, 2.24) is 5.43 Å². The summed E-state index contributed by atoms with van der Waals surface area (Å²) in [5, 5.41) is 13.9. The second-order valence-corrected chi connectivity index (χ2v) is 5.97. The molecule has 1 aliphatic heterocycles. The molecule has 1 N–H and O–H groups in total. The summed E-state index contributed by atoms with van der Waals surface area (Å²) >= 11 is 0. The molecule has 120 valence electrons. The van der Waals surface area contributed by atoms with Gasteiger partial charge in [0, 0.05) is 11.4 Å². The second kappa shape index (κ2) is 7.19. The van der Waals surface area contributed by atoms with E-state index in [0.717, 1.165) is 35.5 Å². The lowest BCUT2D eigenvalue weighted by Gasteiger charge is -2.19. The lowest BCUT2D eigenvalue weighted by molar-refractivity contribution is 0.415. The second-order valence-electron chi connectivity index (χ2n) is 5.97. The van der Waals surface area contributed by atoms with Gasteiger partial charge in [0.1, 0.15) is 5.75 Å². The Labute approximate surface area is 137 Å². The average Bonchev–Trinajstić information content (AvgIpc) is 3.04.